The van der Waals surface area contributed by atoms with Crippen molar-refractivity contribution in [1.29, 1.82) is 0 Å². The molecule has 1 aliphatic heterocycles. The van der Waals surface area contributed by atoms with Gasteiger partial charge in [-0.3, -0.25) is 15.1 Å². The van der Waals surface area contributed by atoms with Crippen LogP contribution in [0, 0.1) is 0 Å². The smallest absolute Gasteiger partial charge is 0.278 e. The molecule has 33 heavy (non-hydrogen) atoms. The predicted molar refractivity (Wildman–Crippen MR) is 126 cm³/mol. The van der Waals surface area contributed by atoms with Crippen molar-refractivity contribution in [3.63, 3.8) is 0 Å². The van der Waals surface area contributed by atoms with Crippen molar-refractivity contribution in [2.75, 3.05) is 37.9 Å². The first-order valence-electron chi connectivity index (χ1n) is 10.3. The van der Waals surface area contributed by atoms with Gasteiger partial charge in [-0.15, -0.1) is 0 Å². The molecule has 2 N–H and O–H groups in total. The van der Waals surface area contributed by atoms with Crippen molar-refractivity contribution in [3.8, 4) is 5.88 Å². The summed E-state index contributed by atoms with van der Waals surface area (Å²) in [5.41, 5.74) is 1.28. The Morgan fingerprint density at radius 1 is 1.18 bits per heavy atom. The molecule has 3 aromatic rings. The van der Waals surface area contributed by atoms with Crippen LogP contribution < -0.4 is 10.1 Å². The minimum Gasteiger partial charge on any atom is -0.475 e. The van der Waals surface area contributed by atoms with Gasteiger partial charge in [0.05, 0.1) is 11.5 Å². The molecular formula is C21H23N5O5S2. The van der Waals surface area contributed by atoms with Gasteiger partial charge in [0, 0.05) is 31.0 Å². The van der Waals surface area contributed by atoms with Gasteiger partial charge in [0.1, 0.15) is 17.0 Å². The third-order valence-electron chi connectivity index (χ3n) is 4.89. The number of hydrogen-bond donors (Lipinski definition) is 2. The molecule has 1 aliphatic rings. The summed E-state index contributed by atoms with van der Waals surface area (Å²) in [4.78, 5) is 22.7. The minimum absolute atomic E-state index is 0.117. The molecule has 0 unspecified atom stereocenters. The van der Waals surface area contributed by atoms with E-state index in [1.807, 2.05) is 5.01 Å². The number of aliphatic hydroxyl groups excluding tert-OH is 1. The van der Waals surface area contributed by atoms with E-state index in [2.05, 4.69) is 20.4 Å². The fourth-order valence-corrected chi connectivity index (χ4v) is 4.73. The number of thiazole rings is 1. The highest BCUT2D eigenvalue weighted by Crippen LogP contribution is 2.26. The molecule has 0 saturated carbocycles. The number of anilines is 1. The van der Waals surface area contributed by atoms with E-state index in [4.69, 9.17) is 9.84 Å². The Kier molecular flexibility index (Phi) is 6.86. The fraction of sp³-hybridized carbons (Fsp3) is 0.333. The molecule has 0 atom stereocenters. The lowest BCUT2D eigenvalue weighted by atomic mass is 10.1. The summed E-state index contributed by atoms with van der Waals surface area (Å²) >= 11 is 1.19. The molecule has 3 heterocycles. The average Bonchev–Trinajstić information content (AvgIpc) is 3.44. The topological polar surface area (TPSA) is 134 Å². The summed E-state index contributed by atoms with van der Waals surface area (Å²) in [5.74, 6) is -0.0925. The van der Waals surface area contributed by atoms with Crippen molar-refractivity contribution in [2.45, 2.75) is 17.7 Å². The number of carbonyl (C=O) groups is 1. The van der Waals surface area contributed by atoms with E-state index in [0.29, 0.717) is 26.9 Å². The summed E-state index contributed by atoms with van der Waals surface area (Å²) in [7, 11) is -3.35. The number of ether oxygens (including phenoxy) is 1. The quantitative estimate of drug-likeness (QED) is 0.458. The van der Waals surface area contributed by atoms with Crippen LogP contribution in [0.4, 0.5) is 5.13 Å². The molecule has 10 nitrogen and oxygen atoms in total. The third-order valence-corrected chi connectivity index (χ3v) is 6.90. The van der Waals surface area contributed by atoms with E-state index in [-0.39, 0.29) is 23.8 Å². The fourth-order valence-electron chi connectivity index (χ4n) is 3.28. The summed E-state index contributed by atoms with van der Waals surface area (Å²) in [6, 6.07) is 9.46. The minimum atomic E-state index is -3.35. The van der Waals surface area contributed by atoms with Gasteiger partial charge >= 0.3 is 0 Å². The number of amides is 1. The Balaban J connectivity index is 1.60. The van der Waals surface area contributed by atoms with Crippen LogP contribution in [-0.2, 0) is 14.6 Å². The number of hydrogen-bond acceptors (Lipinski definition) is 10. The lowest BCUT2D eigenvalue weighted by Crippen LogP contribution is -2.27. The zero-order valence-electron chi connectivity index (χ0n) is 17.9. The highest BCUT2D eigenvalue weighted by molar-refractivity contribution is 7.90. The molecular weight excluding hydrogens is 466 g/mol. The van der Waals surface area contributed by atoms with Crippen molar-refractivity contribution in [1.82, 2.24) is 15.0 Å². The Labute approximate surface area is 194 Å². The lowest BCUT2D eigenvalue weighted by Gasteiger charge is -2.14. The number of rotatable bonds is 8. The molecule has 4 rings (SSSR count). The van der Waals surface area contributed by atoms with Crippen LogP contribution in [0.2, 0.25) is 0 Å². The Morgan fingerprint density at radius 3 is 2.58 bits per heavy atom. The van der Waals surface area contributed by atoms with Gasteiger partial charge < -0.3 is 9.84 Å². The average molecular weight is 490 g/mol. The van der Waals surface area contributed by atoms with Gasteiger partial charge in [0.15, 0.2) is 20.7 Å². The second kappa shape index (κ2) is 9.81. The number of hydrazone groups is 1. The molecule has 12 heteroatoms. The van der Waals surface area contributed by atoms with E-state index in [9.17, 15) is 13.2 Å². The Bertz CT molecular complexity index is 1280. The van der Waals surface area contributed by atoms with E-state index < -0.39 is 15.7 Å². The standard InChI is InChI=1S/C21H23N5O5S2/c1-33(29,30)15-6-4-14(5-7-15)18(25-26-10-2-3-11-26)19(28)24-21-22-16-8-9-17(31-13-12-27)23-20(16)32-21/h4-9,27H,2-3,10-13H2,1H3,(H,22,24,28). The van der Waals surface area contributed by atoms with Gasteiger partial charge in [-0.25, -0.2) is 18.4 Å². The molecule has 1 amide bonds. The van der Waals surface area contributed by atoms with Gasteiger partial charge in [0.25, 0.3) is 5.91 Å². The van der Waals surface area contributed by atoms with E-state index in [1.54, 1.807) is 24.3 Å². The van der Waals surface area contributed by atoms with Crippen LogP contribution in [0.25, 0.3) is 10.3 Å². The second-order valence-electron chi connectivity index (χ2n) is 7.42. The number of sulfone groups is 1. The first-order chi connectivity index (χ1) is 15.8. The van der Waals surface area contributed by atoms with Crippen LogP contribution in [0.3, 0.4) is 0 Å². The molecule has 174 valence electrons. The van der Waals surface area contributed by atoms with Crippen molar-refractivity contribution >= 4 is 48.3 Å². The summed E-state index contributed by atoms with van der Waals surface area (Å²) < 4.78 is 28.9. The highest BCUT2D eigenvalue weighted by Gasteiger charge is 2.21. The number of benzene rings is 1. The predicted octanol–water partition coefficient (Wildman–Crippen LogP) is 1.90. The van der Waals surface area contributed by atoms with Gasteiger partial charge in [-0.2, -0.15) is 5.10 Å². The molecule has 0 aliphatic carbocycles. The lowest BCUT2D eigenvalue weighted by molar-refractivity contribution is -0.110. The molecule has 2 aromatic heterocycles. The Hall–Kier alpha value is -3.09. The summed E-state index contributed by atoms with van der Waals surface area (Å²) in [6.45, 7) is 1.52. The zero-order valence-corrected chi connectivity index (χ0v) is 19.5. The van der Waals surface area contributed by atoms with Crippen LogP contribution >= 0.6 is 11.3 Å². The van der Waals surface area contributed by atoms with Gasteiger partial charge in [0.2, 0.25) is 5.88 Å². The molecule has 1 fully saturated rings. The van der Waals surface area contributed by atoms with Gasteiger partial charge in [-0.1, -0.05) is 23.5 Å². The number of fused-ring (bicyclic) bond motifs is 1. The monoisotopic (exact) mass is 489 g/mol. The molecule has 1 saturated heterocycles. The number of carbonyl (C=O) groups excluding carboxylic acids is 1. The summed E-state index contributed by atoms with van der Waals surface area (Å²) in [6.07, 6.45) is 3.13. The normalized spacial score (nSPS) is 14.6. The number of aromatic nitrogens is 2. The third kappa shape index (κ3) is 5.64. The Morgan fingerprint density at radius 2 is 1.91 bits per heavy atom. The maximum Gasteiger partial charge on any atom is 0.278 e. The molecule has 0 spiro atoms. The highest BCUT2D eigenvalue weighted by atomic mass is 32.2. The van der Waals surface area contributed by atoms with E-state index in [1.165, 1.54) is 23.5 Å². The maximum atomic E-state index is 13.2. The largest absolute Gasteiger partial charge is 0.475 e. The zero-order chi connectivity index (χ0) is 23.4. The number of nitrogens with one attached hydrogen (secondary N) is 1. The summed E-state index contributed by atoms with van der Waals surface area (Å²) in [5, 5.41) is 18.4. The van der Waals surface area contributed by atoms with Crippen LogP contribution in [0.5, 0.6) is 5.88 Å². The number of aliphatic hydroxyl groups is 1. The van der Waals surface area contributed by atoms with Crippen LogP contribution in [0.1, 0.15) is 18.4 Å². The number of nitrogens with zero attached hydrogens (tertiary/aromatic N) is 4. The van der Waals surface area contributed by atoms with Gasteiger partial charge in [-0.05, 0) is 31.0 Å². The van der Waals surface area contributed by atoms with Crippen LogP contribution in [-0.4, -0.2) is 72.7 Å². The number of pyridine rings is 1. The molecule has 1 aromatic carbocycles. The van der Waals surface area contributed by atoms with E-state index >= 15 is 0 Å². The molecule has 0 radical (unpaired) electrons. The van der Waals surface area contributed by atoms with E-state index in [0.717, 1.165) is 32.2 Å². The first kappa shape index (κ1) is 23.1. The first-order valence-corrected chi connectivity index (χ1v) is 13.0. The van der Waals surface area contributed by atoms with Crippen LogP contribution in [0.15, 0.2) is 46.4 Å². The molecule has 0 bridgehead atoms. The second-order valence-corrected chi connectivity index (χ2v) is 10.4. The van der Waals surface area contributed by atoms with Crippen molar-refractivity contribution in [2.24, 2.45) is 5.10 Å². The SMILES string of the molecule is CS(=O)(=O)c1ccc(C(=NN2CCCC2)C(=O)Nc2nc3ccc(OCCO)nc3s2)cc1. The van der Waals surface area contributed by atoms with Crippen molar-refractivity contribution in [3.05, 3.63) is 42.0 Å². The maximum absolute atomic E-state index is 13.2. The van der Waals surface area contributed by atoms with Crippen molar-refractivity contribution < 1.29 is 23.1 Å².